The number of pyridine rings is 1. The van der Waals surface area contributed by atoms with Gasteiger partial charge in [-0.2, -0.15) is 4.31 Å². The van der Waals surface area contributed by atoms with Gasteiger partial charge in [0.15, 0.2) is 0 Å². The highest BCUT2D eigenvalue weighted by Crippen LogP contribution is 2.24. The quantitative estimate of drug-likeness (QED) is 0.860. The number of aromatic amines is 1. The van der Waals surface area contributed by atoms with Gasteiger partial charge in [-0.3, -0.25) is 9.78 Å². The van der Waals surface area contributed by atoms with Gasteiger partial charge in [0.2, 0.25) is 10.0 Å². The molecule has 1 saturated heterocycles. The van der Waals surface area contributed by atoms with Crippen LogP contribution in [0.4, 0.5) is 0 Å². The number of aromatic nitrogens is 3. The summed E-state index contributed by atoms with van der Waals surface area (Å²) in [6, 6.07) is 4.41. The summed E-state index contributed by atoms with van der Waals surface area (Å²) in [5, 5.41) is 0. The molecule has 1 atom stereocenters. The highest BCUT2D eigenvalue weighted by atomic mass is 32.2. The molecule has 1 N–H and O–H groups in total. The van der Waals surface area contributed by atoms with Crippen LogP contribution in [0.3, 0.4) is 0 Å². The van der Waals surface area contributed by atoms with Crippen LogP contribution in [0.2, 0.25) is 0 Å². The van der Waals surface area contributed by atoms with Crippen molar-refractivity contribution in [3.05, 3.63) is 52.5 Å². The molecule has 1 fully saturated rings. The minimum Gasteiger partial charge on any atom is -0.369 e. The Morgan fingerprint density at radius 3 is 2.96 bits per heavy atom. The summed E-state index contributed by atoms with van der Waals surface area (Å²) in [5.74, 6) is 0.461. The van der Waals surface area contributed by atoms with Crippen molar-refractivity contribution in [3.63, 3.8) is 0 Å². The van der Waals surface area contributed by atoms with Crippen molar-refractivity contribution in [2.75, 3.05) is 19.7 Å². The second kappa shape index (κ2) is 6.19. The van der Waals surface area contributed by atoms with Gasteiger partial charge in [-0.1, -0.05) is 0 Å². The Balaban J connectivity index is 1.88. The van der Waals surface area contributed by atoms with Crippen molar-refractivity contribution in [2.45, 2.75) is 17.9 Å². The number of aryl methyl sites for hydroxylation is 1. The fourth-order valence-electron chi connectivity index (χ4n) is 2.44. The third-order valence-corrected chi connectivity index (χ3v) is 5.36. The van der Waals surface area contributed by atoms with Crippen LogP contribution < -0.4 is 5.56 Å². The molecule has 0 saturated carbocycles. The second-order valence-corrected chi connectivity index (χ2v) is 7.10. The predicted molar refractivity (Wildman–Crippen MR) is 81.3 cm³/mol. The highest BCUT2D eigenvalue weighted by molar-refractivity contribution is 7.89. The molecule has 122 valence electrons. The normalized spacial score (nSPS) is 19.6. The predicted octanol–water partition coefficient (Wildman–Crippen LogP) is 0.236. The molecule has 2 aromatic heterocycles. The molecule has 0 aromatic carbocycles. The van der Waals surface area contributed by atoms with Gasteiger partial charge in [0.25, 0.3) is 5.56 Å². The molecule has 2 aromatic rings. The van der Waals surface area contributed by atoms with Gasteiger partial charge in [0, 0.05) is 31.5 Å². The summed E-state index contributed by atoms with van der Waals surface area (Å²) < 4.78 is 32.2. The van der Waals surface area contributed by atoms with Crippen LogP contribution >= 0.6 is 0 Å². The summed E-state index contributed by atoms with van der Waals surface area (Å²) >= 11 is 0. The van der Waals surface area contributed by atoms with E-state index in [0.717, 1.165) is 0 Å². The van der Waals surface area contributed by atoms with E-state index in [0.29, 0.717) is 11.5 Å². The summed E-state index contributed by atoms with van der Waals surface area (Å²) in [6.07, 6.45) is 2.26. The SMILES string of the molecule is Cc1nc(C2CN(S(=O)(=O)c3cccnc3)CCO2)cc(=O)[nH]1. The molecule has 1 unspecified atom stereocenters. The van der Waals surface area contributed by atoms with E-state index in [9.17, 15) is 13.2 Å². The van der Waals surface area contributed by atoms with E-state index >= 15 is 0 Å². The molecule has 3 heterocycles. The molecule has 0 bridgehead atoms. The van der Waals surface area contributed by atoms with Gasteiger partial charge in [0.05, 0.1) is 12.3 Å². The summed E-state index contributed by atoms with van der Waals surface area (Å²) in [4.78, 5) is 22.3. The van der Waals surface area contributed by atoms with E-state index in [-0.39, 0.29) is 30.2 Å². The molecule has 0 amide bonds. The lowest BCUT2D eigenvalue weighted by atomic mass is 10.2. The number of nitrogens with zero attached hydrogens (tertiary/aromatic N) is 3. The number of sulfonamides is 1. The van der Waals surface area contributed by atoms with Crippen LogP contribution in [-0.2, 0) is 14.8 Å². The third-order valence-electron chi connectivity index (χ3n) is 3.51. The first kappa shape index (κ1) is 15.8. The Morgan fingerprint density at radius 1 is 1.43 bits per heavy atom. The average Bonchev–Trinajstić information content (AvgIpc) is 2.55. The Morgan fingerprint density at radius 2 is 2.26 bits per heavy atom. The van der Waals surface area contributed by atoms with Gasteiger partial charge >= 0.3 is 0 Å². The van der Waals surface area contributed by atoms with Crippen LogP contribution in [0.15, 0.2) is 40.3 Å². The van der Waals surface area contributed by atoms with Gasteiger partial charge in [-0.25, -0.2) is 13.4 Å². The van der Waals surface area contributed by atoms with Gasteiger partial charge in [-0.15, -0.1) is 0 Å². The maximum atomic E-state index is 12.6. The second-order valence-electron chi connectivity index (χ2n) is 5.17. The zero-order valence-electron chi connectivity index (χ0n) is 12.5. The number of ether oxygens (including phenoxy) is 1. The summed E-state index contributed by atoms with van der Waals surface area (Å²) in [5.41, 5.74) is 0.140. The van der Waals surface area contributed by atoms with Crippen molar-refractivity contribution in [1.29, 1.82) is 0 Å². The van der Waals surface area contributed by atoms with E-state index in [1.54, 1.807) is 13.0 Å². The maximum Gasteiger partial charge on any atom is 0.251 e. The first-order valence-corrected chi connectivity index (χ1v) is 8.50. The average molecular weight is 336 g/mol. The Labute approximate surface area is 133 Å². The van der Waals surface area contributed by atoms with E-state index in [4.69, 9.17) is 4.74 Å². The van der Waals surface area contributed by atoms with Crippen molar-refractivity contribution in [2.24, 2.45) is 0 Å². The van der Waals surface area contributed by atoms with E-state index in [2.05, 4.69) is 15.0 Å². The number of H-pyrrole nitrogens is 1. The Bertz CT molecular complexity index is 851. The van der Waals surface area contributed by atoms with E-state index < -0.39 is 16.1 Å². The first-order chi connectivity index (χ1) is 11.0. The van der Waals surface area contributed by atoms with Crippen LogP contribution in [0.1, 0.15) is 17.6 Å². The lowest BCUT2D eigenvalue weighted by Gasteiger charge is -2.31. The molecule has 1 aliphatic rings. The first-order valence-electron chi connectivity index (χ1n) is 7.06. The number of morpholine rings is 1. The monoisotopic (exact) mass is 336 g/mol. The molecule has 8 nitrogen and oxygen atoms in total. The van der Waals surface area contributed by atoms with Gasteiger partial charge in [0.1, 0.15) is 16.8 Å². The number of rotatable bonds is 3. The Kier molecular flexibility index (Phi) is 4.24. The van der Waals surface area contributed by atoms with Gasteiger partial charge in [-0.05, 0) is 19.1 Å². The fraction of sp³-hybridized carbons (Fsp3) is 0.357. The van der Waals surface area contributed by atoms with Crippen LogP contribution in [0.5, 0.6) is 0 Å². The molecule has 3 rings (SSSR count). The molecule has 0 spiro atoms. The zero-order valence-corrected chi connectivity index (χ0v) is 13.3. The molecule has 9 heteroatoms. The van der Waals surface area contributed by atoms with Crippen LogP contribution in [0, 0.1) is 6.92 Å². The molecule has 0 radical (unpaired) electrons. The number of nitrogens with one attached hydrogen (secondary N) is 1. The lowest BCUT2D eigenvalue weighted by Crippen LogP contribution is -2.42. The Hall–Kier alpha value is -2.10. The van der Waals surface area contributed by atoms with E-state index in [1.807, 2.05) is 0 Å². The minimum atomic E-state index is -3.65. The van der Waals surface area contributed by atoms with Gasteiger partial charge < -0.3 is 9.72 Å². The minimum absolute atomic E-state index is 0.104. The third kappa shape index (κ3) is 3.31. The molecule has 1 aliphatic heterocycles. The summed E-state index contributed by atoms with van der Waals surface area (Å²) in [7, 11) is -3.65. The van der Waals surface area contributed by atoms with Crippen LogP contribution in [0.25, 0.3) is 0 Å². The maximum absolute atomic E-state index is 12.6. The number of hydrogen-bond donors (Lipinski definition) is 1. The smallest absolute Gasteiger partial charge is 0.251 e. The molecule has 23 heavy (non-hydrogen) atoms. The fourth-order valence-corrected chi connectivity index (χ4v) is 3.83. The molecular formula is C14H16N4O4S. The van der Waals surface area contributed by atoms with Crippen molar-refractivity contribution < 1.29 is 13.2 Å². The van der Waals surface area contributed by atoms with Crippen molar-refractivity contribution in [1.82, 2.24) is 19.3 Å². The largest absolute Gasteiger partial charge is 0.369 e. The molecular weight excluding hydrogens is 320 g/mol. The van der Waals surface area contributed by atoms with Crippen molar-refractivity contribution >= 4 is 10.0 Å². The lowest BCUT2D eigenvalue weighted by molar-refractivity contribution is -0.00516. The molecule has 0 aliphatic carbocycles. The zero-order chi connectivity index (χ0) is 16.4. The van der Waals surface area contributed by atoms with Crippen molar-refractivity contribution in [3.8, 4) is 0 Å². The van der Waals surface area contributed by atoms with Crippen LogP contribution in [-0.4, -0.2) is 47.4 Å². The standard InChI is InChI=1S/C14H16N4O4S/c1-10-16-12(7-14(19)17-10)13-9-18(5-6-22-13)23(20,21)11-3-2-4-15-8-11/h2-4,7-8,13H,5-6,9H2,1H3,(H,16,17,19). The number of hydrogen-bond acceptors (Lipinski definition) is 6. The summed E-state index contributed by atoms with van der Waals surface area (Å²) in [6.45, 7) is 2.25. The van der Waals surface area contributed by atoms with E-state index in [1.165, 1.54) is 28.8 Å². The highest BCUT2D eigenvalue weighted by Gasteiger charge is 2.32. The topological polar surface area (TPSA) is 105 Å².